The molecule has 0 radical (unpaired) electrons. The average Bonchev–Trinajstić information content (AvgIpc) is 2.80. The van der Waals surface area contributed by atoms with Crippen LogP contribution in [0.3, 0.4) is 0 Å². The molecule has 0 spiro atoms. The lowest BCUT2D eigenvalue weighted by atomic mass is 9.88. The first-order valence-electron chi connectivity index (χ1n) is 11.1. The van der Waals surface area contributed by atoms with Crippen molar-refractivity contribution < 1.29 is 9.59 Å². The summed E-state index contributed by atoms with van der Waals surface area (Å²) in [7, 11) is 0. The molecule has 3 aromatic carbocycles. The third kappa shape index (κ3) is 5.02. The summed E-state index contributed by atoms with van der Waals surface area (Å²) < 4.78 is 0. The molecule has 162 valence electrons. The molecule has 1 N–H and O–H groups in total. The van der Waals surface area contributed by atoms with Crippen molar-refractivity contribution in [3.05, 3.63) is 106 Å². The molecule has 0 aliphatic carbocycles. The molecule has 4 rings (SSSR count). The minimum absolute atomic E-state index is 0.00614. The fraction of sp³-hybridized carbons (Fsp3) is 0.250. The molecule has 0 saturated heterocycles. The van der Waals surface area contributed by atoms with Crippen molar-refractivity contribution in [1.82, 2.24) is 5.32 Å². The number of fused-ring (bicyclic) bond motifs is 1. The van der Waals surface area contributed by atoms with Crippen LogP contribution in [-0.2, 0) is 9.59 Å². The Balaban J connectivity index is 1.40. The van der Waals surface area contributed by atoms with E-state index in [1.54, 1.807) is 0 Å². The van der Waals surface area contributed by atoms with Gasteiger partial charge in [-0.05, 0) is 59.9 Å². The van der Waals surface area contributed by atoms with Gasteiger partial charge in [0.15, 0.2) is 0 Å². The van der Waals surface area contributed by atoms with Gasteiger partial charge in [-0.15, -0.1) is 0 Å². The number of hydrogen-bond donors (Lipinski definition) is 1. The van der Waals surface area contributed by atoms with Crippen LogP contribution < -0.4 is 15.9 Å². The van der Waals surface area contributed by atoms with Crippen molar-refractivity contribution in [2.75, 3.05) is 6.54 Å². The number of hydrogen-bond acceptors (Lipinski definition) is 2. The third-order valence-electron chi connectivity index (χ3n) is 6.14. The molecule has 1 aliphatic rings. The van der Waals surface area contributed by atoms with Gasteiger partial charge < -0.3 is 5.32 Å². The van der Waals surface area contributed by atoms with E-state index in [4.69, 9.17) is 0 Å². The molecular formula is C28H28N2O2. The van der Waals surface area contributed by atoms with Crippen LogP contribution >= 0.6 is 0 Å². The third-order valence-corrected chi connectivity index (χ3v) is 6.14. The summed E-state index contributed by atoms with van der Waals surface area (Å²) in [5.41, 5.74) is 4.55. The van der Waals surface area contributed by atoms with Gasteiger partial charge >= 0.3 is 0 Å². The zero-order chi connectivity index (χ0) is 22.5. The number of benzene rings is 3. The highest BCUT2D eigenvalue weighted by Crippen LogP contribution is 2.27. The van der Waals surface area contributed by atoms with Gasteiger partial charge in [0, 0.05) is 18.9 Å². The molecule has 0 bridgehead atoms. The van der Waals surface area contributed by atoms with Gasteiger partial charge in [0.05, 0.1) is 11.3 Å². The maximum absolute atomic E-state index is 12.8. The molecule has 32 heavy (non-hydrogen) atoms. The minimum Gasteiger partial charge on any atom is -0.356 e. The number of carbonyl (C=O) groups is 2. The average molecular weight is 425 g/mol. The Morgan fingerprint density at radius 3 is 2.16 bits per heavy atom. The Labute approximate surface area is 188 Å². The van der Waals surface area contributed by atoms with Crippen LogP contribution in [0, 0.1) is 19.8 Å². The summed E-state index contributed by atoms with van der Waals surface area (Å²) in [6.45, 7) is 4.53. The van der Waals surface area contributed by atoms with Gasteiger partial charge in [-0.1, -0.05) is 66.7 Å². The summed E-state index contributed by atoms with van der Waals surface area (Å²) in [4.78, 5) is 29.5. The van der Waals surface area contributed by atoms with Gasteiger partial charge in [0.2, 0.25) is 5.91 Å². The molecule has 3 aromatic rings. The van der Waals surface area contributed by atoms with Crippen LogP contribution in [0.5, 0.6) is 0 Å². The Kier molecular flexibility index (Phi) is 6.60. The van der Waals surface area contributed by atoms with E-state index in [1.807, 2.05) is 55.5 Å². The highest BCUT2D eigenvalue weighted by Gasteiger charge is 2.21. The maximum atomic E-state index is 12.8. The first-order valence-corrected chi connectivity index (χ1v) is 11.1. The lowest BCUT2D eigenvalue weighted by molar-refractivity contribution is -0.122. The van der Waals surface area contributed by atoms with Crippen molar-refractivity contribution in [2.45, 2.75) is 32.6 Å². The normalized spacial score (nSPS) is 15.0. The highest BCUT2D eigenvalue weighted by molar-refractivity contribution is 5.86. The quantitative estimate of drug-likeness (QED) is 0.630. The SMILES string of the molecule is Cc1cc2c(cc1C)=NC(=O)C(CCNC(=O)CC(c1ccccc1)c1ccccc1)C=2. The molecule has 4 nitrogen and oxygen atoms in total. The van der Waals surface area contributed by atoms with Crippen LogP contribution in [0.15, 0.2) is 77.8 Å². The second kappa shape index (κ2) is 9.73. The largest absolute Gasteiger partial charge is 0.356 e. The lowest BCUT2D eigenvalue weighted by Gasteiger charge is -2.18. The van der Waals surface area contributed by atoms with Crippen molar-refractivity contribution in [1.29, 1.82) is 0 Å². The molecule has 1 unspecified atom stereocenters. The summed E-state index contributed by atoms with van der Waals surface area (Å²) in [5.74, 6) is -0.464. The molecule has 0 saturated carbocycles. The Bertz CT molecular complexity index is 1190. The number of aryl methyl sites for hydroxylation is 2. The Hall–Kier alpha value is -3.53. The summed E-state index contributed by atoms with van der Waals surface area (Å²) in [5, 5.41) is 4.75. The molecular weight excluding hydrogens is 396 g/mol. The zero-order valence-corrected chi connectivity index (χ0v) is 18.5. The van der Waals surface area contributed by atoms with Crippen LogP contribution in [0.4, 0.5) is 0 Å². The monoisotopic (exact) mass is 424 g/mol. The minimum atomic E-state index is -0.302. The van der Waals surface area contributed by atoms with E-state index in [0.29, 0.717) is 19.4 Å². The molecule has 0 aromatic heterocycles. The molecule has 0 fully saturated rings. The lowest BCUT2D eigenvalue weighted by Crippen LogP contribution is -2.36. The molecule has 1 atom stereocenters. The van der Waals surface area contributed by atoms with Gasteiger partial charge in [-0.3, -0.25) is 9.59 Å². The predicted octanol–water partition coefficient (Wildman–Crippen LogP) is 3.59. The van der Waals surface area contributed by atoms with Crippen LogP contribution in [0.2, 0.25) is 0 Å². The second-order valence-corrected chi connectivity index (χ2v) is 8.44. The second-order valence-electron chi connectivity index (χ2n) is 8.44. The van der Waals surface area contributed by atoms with E-state index < -0.39 is 0 Å². The standard InChI is InChI=1S/C28H28N2O2/c1-19-15-24-17-23(28(32)30-26(24)16-20(19)2)13-14-29-27(31)18-25(21-9-5-3-6-10-21)22-11-7-4-8-12-22/h3-12,15-17,23,25H,13-14,18H2,1-2H3,(H,29,31). The van der Waals surface area contributed by atoms with E-state index >= 15 is 0 Å². The van der Waals surface area contributed by atoms with E-state index in [-0.39, 0.29) is 23.7 Å². The van der Waals surface area contributed by atoms with Crippen molar-refractivity contribution in [3.63, 3.8) is 0 Å². The van der Waals surface area contributed by atoms with Crippen molar-refractivity contribution in [3.8, 4) is 0 Å². The van der Waals surface area contributed by atoms with E-state index in [9.17, 15) is 9.59 Å². The summed E-state index contributed by atoms with van der Waals surface area (Å²) in [6, 6.07) is 24.2. The van der Waals surface area contributed by atoms with Crippen LogP contribution in [0.1, 0.15) is 41.0 Å². The Morgan fingerprint density at radius 1 is 0.938 bits per heavy atom. The summed E-state index contributed by atoms with van der Waals surface area (Å²) >= 11 is 0. The van der Waals surface area contributed by atoms with Gasteiger partial charge in [-0.2, -0.15) is 0 Å². The highest BCUT2D eigenvalue weighted by atomic mass is 16.2. The molecule has 4 heteroatoms. The number of nitrogens with zero attached hydrogens (tertiary/aromatic N) is 1. The van der Waals surface area contributed by atoms with E-state index in [0.717, 1.165) is 27.3 Å². The van der Waals surface area contributed by atoms with Crippen molar-refractivity contribution in [2.24, 2.45) is 10.9 Å². The van der Waals surface area contributed by atoms with Gasteiger partial charge in [-0.25, -0.2) is 4.99 Å². The van der Waals surface area contributed by atoms with E-state index in [1.165, 1.54) is 5.56 Å². The fourth-order valence-corrected chi connectivity index (χ4v) is 4.17. The number of carbonyl (C=O) groups excluding carboxylic acids is 2. The topological polar surface area (TPSA) is 58.5 Å². The first kappa shape index (κ1) is 21.7. The fourth-order valence-electron chi connectivity index (χ4n) is 4.17. The Morgan fingerprint density at radius 2 is 1.53 bits per heavy atom. The smallest absolute Gasteiger partial charge is 0.253 e. The van der Waals surface area contributed by atoms with Crippen molar-refractivity contribution >= 4 is 17.9 Å². The number of nitrogens with one attached hydrogen (secondary N) is 1. The van der Waals surface area contributed by atoms with Gasteiger partial charge in [0.1, 0.15) is 0 Å². The molecule has 1 heterocycles. The number of rotatable bonds is 7. The molecule has 1 aliphatic heterocycles. The predicted molar refractivity (Wildman–Crippen MR) is 127 cm³/mol. The number of amides is 2. The zero-order valence-electron chi connectivity index (χ0n) is 18.5. The first-order chi connectivity index (χ1) is 15.5. The van der Waals surface area contributed by atoms with Crippen LogP contribution in [0.25, 0.3) is 6.08 Å². The van der Waals surface area contributed by atoms with Gasteiger partial charge in [0.25, 0.3) is 5.91 Å². The van der Waals surface area contributed by atoms with Crippen LogP contribution in [-0.4, -0.2) is 18.4 Å². The summed E-state index contributed by atoms with van der Waals surface area (Å²) in [6.07, 6.45) is 2.89. The maximum Gasteiger partial charge on any atom is 0.253 e. The van der Waals surface area contributed by atoms with E-state index in [2.05, 4.69) is 47.6 Å². The molecule has 2 amide bonds.